The molecule has 0 saturated heterocycles. The minimum atomic E-state index is 0.630. The number of benzene rings is 3. The van der Waals surface area contributed by atoms with Gasteiger partial charge in [-0.25, -0.2) is 14.5 Å². The van der Waals surface area contributed by atoms with Crippen LogP contribution in [0.25, 0.3) is 50.7 Å². The van der Waals surface area contributed by atoms with Gasteiger partial charge in [0, 0.05) is 22.2 Å². The Morgan fingerprint density at radius 1 is 0.771 bits per heavy atom. The van der Waals surface area contributed by atoms with Crippen molar-refractivity contribution in [3.05, 3.63) is 83.9 Å². The molecule has 172 valence electrons. The van der Waals surface area contributed by atoms with Crippen molar-refractivity contribution >= 4 is 28.3 Å². The summed E-state index contributed by atoms with van der Waals surface area (Å²) in [6.07, 6.45) is 0. The Bertz CT molecular complexity index is 1690. The van der Waals surface area contributed by atoms with Crippen molar-refractivity contribution in [3.8, 4) is 45.5 Å². The lowest BCUT2D eigenvalue weighted by molar-refractivity contribution is 0.355. The Hall–Kier alpha value is -4.36. The van der Waals surface area contributed by atoms with Crippen LogP contribution in [0.4, 0.5) is 0 Å². The number of ether oxygens (including phenoxy) is 2. The van der Waals surface area contributed by atoms with Crippen molar-refractivity contribution in [1.29, 1.82) is 0 Å². The fraction of sp³-hybridized carbons (Fsp3) is 0.0741. The molecule has 0 atom stereocenters. The quantitative estimate of drug-likeness (QED) is 0.313. The summed E-state index contributed by atoms with van der Waals surface area (Å²) < 4.78 is 12.8. The summed E-state index contributed by atoms with van der Waals surface area (Å²) >= 11 is 6.17. The average molecular weight is 482 g/mol. The topological polar surface area (TPSA) is 77.3 Å². The van der Waals surface area contributed by atoms with Gasteiger partial charge < -0.3 is 14.5 Å². The second-order valence-electron chi connectivity index (χ2n) is 8.01. The third-order valence-electron chi connectivity index (χ3n) is 5.86. The molecule has 6 aromatic rings. The molecule has 0 bridgehead atoms. The highest BCUT2D eigenvalue weighted by molar-refractivity contribution is 6.31. The van der Waals surface area contributed by atoms with Gasteiger partial charge in [0.1, 0.15) is 5.69 Å². The predicted octanol–water partition coefficient (Wildman–Crippen LogP) is 6.28. The van der Waals surface area contributed by atoms with Crippen LogP contribution in [-0.2, 0) is 0 Å². The van der Waals surface area contributed by atoms with E-state index >= 15 is 0 Å². The first-order chi connectivity index (χ1) is 17.1. The molecule has 3 heterocycles. The van der Waals surface area contributed by atoms with Crippen LogP contribution in [0, 0.1) is 0 Å². The second kappa shape index (κ2) is 8.45. The normalized spacial score (nSPS) is 11.3. The fourth-order valence-corrected chi connectivity index (χ4v) is 4.32. The first-order valence-corrected chi connectivity index (χ1v) is 11.3. The zero-order valence-corrected chi connectivity index (χ0v) is 19.7. The maximum Gasteiger partial charge on any atom is 0.161 e. The number of nitrogens with one attached hydrogen (secondary N) is 1. The van der Waals surface area contributed by atoms with Crippen molar-refractivity contribution in [1.82, 2.24) is 24.6 Å². The van der Waals surface area contributed by atoms with Gasteiger partial charge in [0.15, 0.2) is 23.0 Å². The first kappa shape index (κ1) is 21.2. The van der Waals surface area contributed by atoms with Gasteiger partial charge in [0.2, 0.25) is 0 Å². The number of nitrogens with zero attached hydrogens (tertiary/aromatic N) is 4. The highest BCUT2D eigenvalue weighted by atomic mass is 35.5. The van der Waals surface area contributed by atoms with E-state index in [-0.39, 0.29) is 0 Å². The van der Waals surface area contributed by atoms with Crippen LogP contribution < -0.4 is 9.47 Å². The van der Waals surface area contributed by atoms with Gasteiger partial charge in [0.25, 0.3) is 0 Å². The van der Waals surface area contributed by atoms with Gasteiger partial charge in [-0.1, -0.05) is 41.9 Å². The summed E-state index contributed by atoms with van der Waals surface area (Å²) in [6.45, 7) is 0. The lowest BCUT2D eigenvalue weighted by atomic mass is 10.1. The maximum atomic E-state index is 6.17. The molecule has 0 unspecified atom stereocenters. The third kappa shape index (κ3) is 3.76. The number of H-pyrrole nitrogens is 1. The summed E-state index contributed by atoms with van der Waals surface area (Å²) in [5, 5.41) is 5.52. The van der Waals surface area contributed by atoms with Crippen LogP contribution in [0.15, 0.2) is 78.9 Å². The predicted molar refractivity (Wildman–Crippen MR) is 137 cm³/mol. The molecule has 35 heavy (non-hydrogen) atoms. The van der Waals surface area contributed by atoms with Crippen LogP contribution in [0.5, 0.6) is 11.5 Å². The number of halogens is 1. The number of rotatable bonds is 5. The molecule has 0 saturated carbocycles. The van der Waals surface area contributed by atoms with Gasteiger partial charge in [-0.05, 0) is 42.5 Å². The zero-order chi connectivity index (χ0) is 23.9. The van der Waals surface area contributed by atoms with Gasteiger partial charge in [0.05, 0.1) is 36.6 Å². The van der Waals surface area contributed by atoms with Crippen LogP contribution >= 0.6 is 11.6 Å². The standard InChI is InChI=1S/C27H20ClN5O2/c1-34-24-11-8-17(12-25(24)35-2)23-14-22(27-30-19-10-9-18(28)13-21(19)31-27)29-26-15-20(32-33(23)26)16-6-4-3-5-7-16/h3-15H,1-2H3,(H,30,31). The number of fused-ring (bicyclic) bond motifs is 2. The summed E-state index contributed by atoms with van der Waals surface area (Å²) in [5.41, 5.74) is 6.63. The van der Waals surface area contributed by atoms with Crippen LogP contribution in [0.1, 0.15) is 0 Å². The summed E-state index contributed by atoms with van der Waals surface area (Å²) in [6, 6.07) is 25.3. The fourth-order valence-electron chi connectivity index (χ4n) is 4.15. The molecule has 0 aliphatic heterocycles. The lowest BCUT2D eigenvalue weighted by Gasteiger charge is -2.11. The largest absolute Gasteiger partial charge is 0.493 e. The van der Waals surface area contributed by atoms with E-state index < -0.39 is 0 Å². The van der Waals surface area contributed by atoms with Crippen LogP contribution in [-0.4, -0.2) is 38.8 Å². The van der Waals surface area contributed by atoms with Crippen LogP contribution in [0.3, 0.4) is 0 Å². The monoisotopic (exact) mass is 481 g/mol. The molecule has 0 radical (unpaired) electrons. The van der Waals surface area contributed by atoms with Crippen molar-refractivity contribution < 1.29 is 9.47 Å². The van der Waals surface area contributed by atoms with E-state index in [1.165, 1.54) is 0 Å². The minimum absolute atomic E-state index is 0.630. The number of hydrogen-bond acceptors (Lipinski definition) is 5. The number of imidazole rings is 1. The highest BCUT2D eigenvalue weighted by Crippen LogP contribution is 2.34. The lowest BCUT2D eigenvalue weighted by Crippen LogP contribution is -2.00. The second-order valence-corrected chi connectivity index (χ2v) is 8.45. The Labute approximate surface area is 205 Å². The molecule has 0 aliphatic carbocycles. The van der Waals surface area contributed by atoms with E-state index in [1.54, 1.807) is 14.2 Å². The van der Waals surface area contributed by atoms with Crippen molar-refractivity contribution in [2.75, 3.05) is 14.2 Å². The van der Waals surface area contributed by atoms with E-state index in [0.29, 0.717) is 33.7 Å². The Kier molecular flexibility index (Phi) is 5.12. The van der Waals surface area contributed by atoms with Crippen molar-refractivity contribution in [2.45, 2.75) is 0 Å². The molecule has 0 spiro atoms. The Balaban J connectivity index is 1.59. The van der Waals surface area contributed by atoms with E-state index in [9.17, 15) is 0 Å². The molecule has 3 aromatic heterocycles. The Morgan fingerprint density at radius 3 is 2.40 bits per heavy atom. The zero-order valence-electron chi connectivity index (χ0n) is 19.0. The summed E-state index contributed by atoms with van der Waals surface area (Å²) in [5.74, 6) is 1.93. The van der Waals surface area contributed by atoms with Gasteiger partial charge >= 0.3 is 0 Å². The minimum Gasteiger partial charge on any atom is -0.493 e. The van der Waals surface area contributed by atoms with Crippen LogP contribution in [0.2, 0.25) is 5.02 Å². The highest BCUT2D eigenvalue weighted by Gasteiger charge is 2.17. The van der Waals surface area contributed by atoms with Gasteiger partial charge in [-0.15, -0.1) is 0 Å². The SMILES string of the molecule is COc1ccc(-c2cc(-c3nc4ccc(Cl)cc4[nH]3)nc3cc(-c4ccccc4)nn23)cc1OC. The number of aromatic amines is 1. The molecule has 7 nitrogen and oxygen atoms in total. The summed E-state index contributed by atoms with van der Waals surface area (Å²) in [4.78, 5) is 13.0. The molecule has 0 amide bonds. The molecule has 0 fully saturated rings. The van der Waals surface area contributed by atoms with Gasteiger partial charge in [-0.2, -0.15) is 5.10 Å². The van der Waals surface area contributed by atoms with E-state index in [4.69, 9.17) is 36.1 Å². The third-order valence-corrected chi connectivity index (χ3v) is 6.10. The van der Waals surface area contributed by atoms with Gasteiger partial charge in [-0.3, -0.25) is 0 Å². The van der Waals surface area contributed by atoms with Crippen molar-refractivity contribution in [3.63, 3.8) is 0 Å². The number of aromatic nitrogens is 5. The molecular formula is C27H20ClN5O2. The molecule has 3 aromatic carbocycles. The van der Waals surface area contributed by atoms with Crippen molar-refractivity contribution in [2.24, 2.45) is 0 Å². The average Bonchev–Trinajstić information content (AvgIpc) is 3.52. The summed E-state index contributed by atoms with van der Waals surface area (Å²) in [7, 11) is 3.24. The van der Waals surface area contributed by atoms with E-state index in [1.807, 2.05) is 83.4 Å². The smallest absolute Gasteiger partial charge is 0.161 e. The van der Waals surface area contributed by atoms with E-state index in [0.717, 1.165) is 33.5 Å². The maximum absolute atomic E-state index is 6.17. The van der Waals surface area contributed by atoms with E-state index in [2.05, 4.69) is 4.98 Å². The number of hydrogen-bond donors (Lipinski definition) is 1. The first-order valence-electron chi connectivity index (χ1n) is 11.0. The molecule has 6 rings (SSSR count). The number of methoxy groups -OCH3 is 2. The molecule has 8 heteroatoms. The Morgan fingerprint density at radius 2 is 1.60 bits per heavy atom. The molecular weight excluding hydrogens is 462 g/mol. The molecule has 1 N–H and O–H groups in total. The molecule has 0 aliphatic rings.